The Balaban J connectivity index is 1.47. The van der Waals surface area contributed by atoms with E-state index in [9.17, 15) is 4.79 Å². The summed E-state index contributed by atoms with van der Waals surface area (Å²) in [4.78, 5) is 14.4. The standard InChI is InChI=1S/C19H27Cl2N2O2/c1-23(11-8-19(24)25-16-4-2-3-5-16)12-9-22(10-13-23)18-7-6-15(20)14-17(18)21/h6-7,14,16H,2-5,8-13H2,1H3/q+1. The van der Waals surface area contributed by atoms with Crippen LogP contribution in [0.5, 0.6) is 0 Å². The first kappa shape index (κ1) is 18.8. The van der Waals surface area contributed by atoms with Gasteiger partial charge in [-0.05, 0) is 43.9 Å². The molecule has 2 fully saturated rings. The molecule has 4 nitrogen and oxygen atoms in total. The summed E-state index contributed by atoms with van der Waals surface area (Å²) in [7, 11) is 2.23. The molecule has 0 amide bonds. The van der Waals surface area contributed by atoms with Crippen LogP contribution in [-0.2, 0) is 9.53 Å². The smallest absolute Gasteiger partial charge is 0.311 e. The van der Waals surface area contributed by atoms with Crippen molar-refractivity contribution in [1.29, 1.82) is 0 Å². The number of piperazine rings is 1. The third kappa shape index (κ3) is 5.02. The van der Waals surface area contributed by atoms with E-state index in [4.69, 9.17) is 27.9 Å². The van der Waals surface area contributed by atoms with Gasteiger partial charge >= 0.3 is 5.97 Å². The van der Waals surface area contributed by atoms with E-state index in [0.29, 0.717) is 16.5 Å². The van der Waals surface area contributed by atoms with Gasteiger partial charge in [0.05, 0.1) is 56.9 Å². The second kappa shape index (κ2) is 8.15. The zero-order valence-electron chi connectivity index (χ0n) is 14.8. The van der Waals surface area contributed by atoms with E-state index in [2.05, 4.69) is 11.9 Å². The molecule has 1 saturated heterocycles. The van der Waals surface area contributed by atoms with E-state index >= 15 is 0 Å². The van der Waals surface area contributed by atoms with Gasteiger partial charge in [0.2, 0.25) is 0 Å². The number of likely N-dealkylation sites (N-methyl/N-ethyl adjacent to an activating group) is 1. The van der Waals surface area contributed by atoms with E-state index in [1.54, 1.807) is 6.07 Å². The van der Waals surface area contributed by atoms with Crippen molar-refractivity contribution in [3.63, 3.8) is 0 Å². The lowest BCUT2D eigenvalue weighted by molar-refractivity contribution is -0.909. The van der Waals surface area contributed by atoms with Crippen molar-refractivity contribution >= 4 is 34.9 Å². The predicted molar refractivity (Wildman–Crippen MR) is 102 cm³/mol. The fourth-order valence-corrected chi connectivity index (χ4v) is 4.29. The van der Waals surface area contributed by atoms with Gasteiger partial charge in [-0.25, -0.2) is 0 Å². The van der Waals surface area contributed by atoms with E-state index in [0.717, 1.165) is 55.7 Å². The number of carbonyl (C=O) groups excluding carboxylic acids is 1. The highest BCUT2D eigenvalue weighted by molar-refractivity contribution is 6.36. The number of anilines is 1. The SMILES string of the molecule is C[N+]1(CCC(=O)OC2CCCC2)CCN(c2ccc(Cl)cc2Cl)CC1. The number of hydrogen-bond acceptors (Lipinski definition) is 3. The van der Waals surface area contributed by atoms with Gasteiger partial charge in [-0.3, -0.25) is 4.79 Å². The highest BCUT2D eigenvalue weighted by atomic mass is 35.5. The van der Waals surface area contributed by atoms with Crippen LogP contribution in [0.15, 0.2) is 18.2 Å². The topological polar surface area (TPSA) is 29.5 Å². The number of benzene rings is 1. The highest BCUT2D eigenvalue weighted by Gasteiger charge is 2.30. The van der Waals surface area contributed by atoms with Gasteiger partial charge in [0, 0.05) is 5.02 Å². The average Bonchev–Trinajstić information content (AvgIpc) is 3.07. The van der Waals surface area contributed by atoms with Gasteiger partial charge < -0.3 is 14.1 Å². The Bertz CT molecular complexity index is 609. The van der Waals surface area contributed by atoms with E-state index < -0.39 is 0 Å². The quantitative estimate of drug-likeness (QED) is 0.563. The van der Waals surface area contributed by atoms with Crippen molar-refractivity contribution < 1.29 is 14.0 Å². The van der Waals surface area contributed by atoms with Crippen LogP contribution in [-0.4, -0.2) is 56.3 Å². The maximum absolute atomic E-state index is 12.1. The van der Waals surface area contributed by atoms with Crippen molar-refractivity contribution in [3.8, 4) is 0 Å². The molecular formula is C19H27Cl2N2O2+. The second-order valence-electron chi connectivity index (χ2n) is 7.52. The third-order valence-electron chi connectivity index (χ3n) is 5.53. The molecule has 1 aliphatic heterocycles. The molecule has 1 heterocycles. The number of quaternary nitrogens is 1. The van der Waals surface area contributed by atoms with Crippen LogP contribution >= 0.6 is 23.2 Å². The highest BCUT2D eigenvalue weighted by Crippen LogP contribution is 2.30. The van der Waals surface area contributed by atoms with Gasteiger partial charge in [-0.15, -0.1) is 0 Å². The fraction of sp³-hybridized carbons (Fsp3) is 0.632. The maximum atomic E-state index is 12.1. The van der Waals surface area contributed by atoms with E-state index in [1.807, 2.05) is 12.1 Å². The lowest BCUT2D eigenvalue weighted by Gasteiger charge is -2.43. The first-order valence-corrected chi connectivity index (χ1v) is 9.94. The third-order valence-corrected chi connectivity index (χ3v) is 6.06. The zero-order chi connectivity index (χ0) is 17.9. The lowest BCUT2D eigenvalue weighted by Crippen LogP contribution is -2.58. The molecule has 0 N–H and O–H groups in total. The summed E-state index contributed by atoms with van der Waals surface area (Å²) >= 11 is 12.3. The van der Waals surface area contributed by atoms with Crippen molar-refractivity contribution in [3.05, 3.63) is 28.2 Å². The Morgan fingerprint density at radius 3 is 2.56 bits per heavy atom. The number of nitrogens with zero attached hydrogens (tertiary/aromatic N) is 2. The first-order chi connectivity index (χ1) is 12.0. The van der Waals surface area contributed by atoms with Gasteiger partial charge in [0.25, 0.3) is 0 Å². The van der Waals surface area contributed by atoms with Crippen LogP contribution in [0.25, 0.3) is 0 Å². The van der Waals surface area contributed by atoms with Crippen molar-refractivity contribution in [2.45, 2.75) is 38.2 Å². The molecule has 1 saturated carbocycles. The van der Waals surface area contributed by atoms with Gasteiger partial charge in [0.15, 0.2) is 0 Å². The molecule has 1 aromatic carbocycles. The molecule has 6 heteroatoms. The van der Waals surface area contributed by atoms with Crippen molar-refractivity contribution in [1.82, 2.24) is 0 Å². The molecule has 0 aromatic heterocycles. The molecule has 1 aliphatic carbocycles. The van der Waals surface area contributed by atoms with Crippen LogP contribution in [0.4, 0.5) is 5.69 Å². The largest absolute Gasteiger partial charge is 0.462 e. The minimum Gasteiger partial charge on any atom is -0.462 e. The molecule has 0 radical (unpaired) electrons. The Morgan fingerprint density at radius 2 is 1.92 bits per heavy atom. The van der Waals surface area contributed by atoms with Crippen molar-refractivity contribution in [2.24, 2.45) is 0 Å². The number of rotatable bonds is 5. The Labute approximate surface area is 160 Å². The molecule has 0 bridgehead atoms. The molecule has 3 rings (SSSR count). The molecule has 25 heavy (non-hydrogen) atoms. The molecule has 0 spiro atoms. The minimum absolute atomic E-state index is 0.0329. The summed E-state index contributed by atoms with van der Waals surface area (Å²) in [6.45, 7) is 4.68. The zero-order valence-corrected chi connectivity index (χ0v) is 16.4. The molecular weight excluding hydrogens is 359 g/mol. The maximum Gasteiger partial charge on any atom is 0.311 e. The van der Waals surface area contributed by atoms with Gasteiger partial charge in [-0.1, -0.05) is 23.2 Å². The first-order valence-electron chi connectivity index (χ1n) is 9.18. The molecule has 138 valence electrons. The van der Waals surface area contributed by atoms with Crippen LogP contribution < -0.4 is 4.90 Å². The summed E-state index contributed by atoms with van der Waals surface area (Å²) in [5, 5.41) is 1.36. The molecule has 2 aliphatic rings. The van der Waals surface area contributed by atoms with Crippen molar-refractivity contribution in [2.75, 3.05) is 44.7 Å². The summed E-state index contributed by atoms with van der Waals surface area (Å²) in [6.07, 6.45) is 5.13. The number of hydrogen-bond donors (Lipinski definition) is 0. The van der Waals surface area contributed by atoms with Crippen LogP contribution in [0.3, 0.4) is 0 Å². The van der Waals surface area contributed by atoms with E-state index in [1.165, 1.54) is 12.8 Å². The number of halogens is 2. The summed E-state index contributed by atoms with van der Waals surface area (Å²) in [5.74, 6) is -0.0329. The minimum atomic E-state index is -0.0329. The lowest BCUT2D eigenvalue weighted by atomic mass is 10.2. The number of ether oxygens (including phenoxy) is 1. The number of carbonyl (C=O) groups is 1. The normalized spacial score (nSPS) is 20.7. The van der Waals surface area contributed by atoms with Gasteiger partial charge in [0.1, 0.15) is 6.10 Å². The average molecular weight is 386 g/mol. The van der Waals surface area contributed by atoms with Gasteiger partial charge in [-0.2, -0.15) is 0 Å². The Morgan fingerprint density at radius 1 is 1.24 bits per heavy atom. The fourth-order valence-electron chi connectivity index (χ4n) is 3.76. The summed E-state index contributed by atoms with van der Waals surface area (Å²) in [5.41, 5.74) is 1.04. The molecule has 1 aromatic rings. The van der Waals surface area contributed by atoms with E-state index in [-0.39, 0.29) is 12.1 Å². The second-order valence-corrected chi connectivity index (χ2v) is 8.36. The molecule has 0 atom stereocenters. The van der Waals surface area contributed by atoms with Crippen LogP contribution in [0, 0.1) is 0 Å². The van der Waals surface area contributed by atoms with Crippen LogP contribution in [0.1, 0.15) is 32.1 Å². The Kier molecular flexibility index (Phi) is 6.13. The van der Waals surface area contributed by atoms with Crippen LogP contribution in [0.2, 0.25) is 10.0 Å². The molecule has 0 unspecified atom stereocenters. The summed E-state index contributed by atoms with van der Waals surface area (Å²) < 4.78 is 6.48. The Hall–Kier alpha value is -0.970. The monoisotopic (exact) mass is 385 g/mol. The number of esters is 1. The predicted octanol–water partition coefficient (Wildman–Crippen LogP) is 4.14. The summed E-state index contributed by atoms with van der Waals surface area (Å²) in [6, 6.07) is 5.66.